The number of nitrogens with zero attached hydrogens (tertiary/aromatic N) is 1. The van der Waals surface area contributed by atoms with E-state index in [1.807, 2.05) is 51.5 Å². The molecule has 0 saturated heterocycles. The Balaban J connectivity index is 1.96. The van der Waals surface area contributed by atoms with Gasteiger partial charge in [0.05, 0.1) is 34.4 Å². The lowest BCUT2D eigenvalue weighted by Gasteiger charge is -2.28. The van der Waals surface area contributed by atoms with Crippen molar-refractivity contribution < 1.29 is 37.3 Å². The largest absolute Gasteiger partial charge is 0.756 e. The number of methoxy groups -OCH3 is 1. The molecule has 9 heteroatoms. The van der Waals surface area contributed by atoms with E-state index < -0.39 is 13.9 Å². The molecule has 1 aromatic rings. The maximum Gasteiger partial charge on any atom is 0.268 e. The molecule has 0 saturated carbocycles. The van der Waals surface area contributed by atoms with E-state index in [0.717, 1.165) is 44.1 Å². The van der Waals surface area contributed by atoms with Crippen molar-refractivity contribution in [1.82, 2.24) is 0 Å². The van der Waals surface area contributed by atoms with Gasteiger partial charge in [0.1, 0.15) is 19.3 Å². The summed E-state index contributed by atoms with van der Waals surface area (Å²) in [5.41, 5.74) is 0.810. The Morgan fingerprint density at radius 2 is 1.49 bits per heavy atom. The first-order valence-electron chi connectivity index (χ1n) is 12.7. The maximum absolute atomic E-state index is 12.1. The zero-order valence-corrected chi connectivity index (χ0v) is 23.0. The molecule has 0 heterocycles. The highest BCUT2D eigenvalue weighted by Gasteiger charge is 2.17. The molecule has 0 radical (unpaired) electrons. The minimum absolute atomic E-state index is 0.0758. The second-order valence-electron chi connectivity index (χ2n) is 9.89. The topological polar surface area (TPSA) is 94.1 Å². The van der Waals surface area contributed by atoms with Crippen LogP contribution >= 0.6 is 7.82 Å². The van der Waals surface area contributed by atoms with Crippen LogP contribution in [0.4, 0.5) is 0 Å². The van der Waals surface area contributed by atoms with Gasteiger partial charge in [-0.15, -0.1) is 0 Å². The number of likely N-dealkylation sites (N-methyl/N-ethyl adjacent to an activating group) is 1. The molecule has 0 aromatic heterocycles. The third-order valence-electron chi connectivity index (χ3n) is 5.61. The standard InChI is InChI=1S/C26H46NO7P/c1-27(2,3)19-21-33-35(29,30)34-23-25(31-4)22-32-20-15-10-8-6-5-7-9-14-18-26(28)24-16-12-11-13-17-24/h11-13,16-17,25H,5-10,14-15,18-23H2,1-4H3. The van der Waals surface area contributed by atoms with Gasteiger partial charge in [0.2, 0.25) is 0 Å². The second kappa shape index (κ2) is 18.2. The van der Waals surface area contributed by atoms with Gasteiger partial charge in [-0.05, 0) is 12.8 Å². The van der Waals surface area contributed by atoms with Crippen LogP contribution in [-0.4, -0.2) is 77.6 Å². The summed E-state index contributed by atoms with van der Waals surface area (Å²) >= 11 is 0. The van der Waals surface area contributed by atoms with Crippen LogP contribution in [0, 0.1) is 0 Å². The van der Waals surface area contributed by atoms with Gasteiger partial charge in [-0.1, -0.05) is 68.9 Å². The molecule has 0 fully saturated rings. The van der Waals surface area contributed by atoms with E-state index in [-0.39, 0.29) is 25.6 Å². The van der Waals surface area contributed by atoms with Crippen molar-refractivity contribution in [3.05, 3.63) is 35.9 Å². The fraction of sp³-hybridized carbons (Fsp3) is 0.731. The number of rotatable bonds is 22. The highest BCUT2D eigenvalue weighted by molar-refractivity contribution is 7.45. The molecule has 1 rings (SSSR count). The molecule has 0 aliphatic rings. The van der Waals surface area contributed by atoms with Crippen LogP contribution in [-0.2, 0) is 23.1 Å². The Labute approximate surface area is 212 Å². The van der Waals surface area contributed by atoms with Crippen LogP contribution in [0.2, 0.25) is 0 Å². The number of benzene rings is 1. The number of hydrogen-bond acceptors (Lipinski definition) is 7. The van der Waals surface area contributed by atoms with Crippen molar-refractivity contribution in [2.45, 2.75) is 63.9 Å². The second-order valence-corrected chi connectivity index (χ2v) is 11.3. The van der Waals surface area contributed by atoms with Gasteiger partial charge < -0.3 is 27.9 Å². The summed E-state index contributed by atoms with van der Waals surface area (Å²) in [7, 11) is 3.03. The normalized spacial score (nSPS) is 14.5. The molecule has 1 aromatic carbocycles. The molecule has 0 bridgehead atoms. The van der Waals surface area contributed by atoms with E-state index >= 15 is 0 Å². The van der Waals surface area contributed by atoms with Crippen molar-refractivity contribution in [3.63, 3.8) is 0 Å². The quantitative estimate of drug-likeness (QED) is 0.0963. The third-order valence-corrected chi connectivity index (χ3v) is 6.57. The first-order valence-corrected chi connectivity index (χ1v) is 14.2. The number of carbonyl (C=O) groups is 1. The lowest BCUT2D eigenvalue weighted by molar-refractivity contribution is -0.870. The molecular formula is C26H46NO7P. The van der Waals surface area contributed by atoms with E-state index in [1.165, 1.54) is 20.0 Å². The summed E-state index contributed by atoms with van der Waals surface area (Å²) in [4.78, 5) is 23.9. The fourth-order valence-corrected chi connectivity index (χ4v) is 4.08. The Morgan fingerprint density at radius 1 is 0.886 bits per heavy atom. The van der Waals surface area contributed by atoms with Gasteiger partial charge >= 0.3 is 0 Å². The molecule has 2 unspecified atom stereocenters. The van der Waals surface area contributed by atoms with Crippen LogP contribution in [0.15, 0.2) is 30.3 Å². The summed E-state index contributed by atoms with van der Waals surface area (Å²) in [5.74, 6) is 0.235. The van der Waals surface area contributed by atoms with Gasteiger partial charge in [0.15, 0.2) is 5.78 Å². The summed E-state index contributed by atoms with van der Waals surface area (Å²) in [6.45, 7) is 1.39. The minimum Gasteiger partial charge on any atom is -0.756 e. The van der Waals surface area contributed by atoms with Crippen molar-refractivity contribution >= 4 is 13.6 Å². The Kier molecular flexibility index (Phi) is 16.6. The Hall–Kier alpha value is -1.12. The molecule has 202 valence electrons. The molecule has 35 heavy (non-hydrogen) atoms. The smallest absolute Gasteiger partial charge is 0.268 e. The van der Waals surface area contributed by atoms with E-state index in [2.05, 4.69) is 0 Å². The number of ether oxygens (including phenoxy) is 2. The first kappa shape index (κ1) is 31.9. The number of Topliss-reactive ketones (excluding diaryl/α,β-unsaturated/α-hetero) is 1. The molecule has 8 nitrogen and oxygen atoms in total. The fourth-order valence-electron chi connectivity index (χ4n) is 3.36. The van der Waals surface area contributed by atoms with E-state index in [4.69, 9.17) is 18.5 Å². The molecule has 0 N–H and O–H groups in total. The minimum atomic E-state index is -4.35. The summed E-state index contributed by atoms with van der Waals surface area (Å²) < 4.78 is 33.1. The third kappa shape index (κ3) is 17.9. The van der Waals surface area contributed by atoms with Crippen LogP contribution in [0.3, 0.4) is 0 Å². The number of phosphoric acid groups is 1. The van der Waals surface area contributed by atoms with Crippen molar-refractivity contribution in [2.75, 3.05) is 61.2 Å². The first-order chi connectivity index (χ1) is 16.6. The average molecular weight is 516 g/mol. The van der Waals surface area contributed by atoms with E-state index in [9.17, 15) is 14.3 Å². The number of ketones is 1. The summed E-state index contributed by atoms with van der Waals surface area (Å²) in [6.07, 6.45) is 8.97. The average Bonchev–Trinajstić information content (AvgIpc) is 2.81. The van der Waals surface area contributed by atoms with Crippen molar-refractivity contribution in [2.24, 2.45) is 0 Å². The van der Waals surface area contributed by atoms with Crippen molar-refractivity contribution in [3.8, 4) is 0 Å². The summed E-state index contributed by atoms with van der Waals surface area (Å²) in [5, 5.41) is 0. The molecule has 0 amide bonds. The van der Waals surface area contributed by atoms with Gasteiger partial charge in [-0.2, -0.15) is 0 Å². The van der Waals surface area contributed by atoms with Crippen LogP contribution in [0.25, 0.3) is 0 Å². The zero-order chi connectivity index (χ0) is 26.0. The monoisotopic (exact) mass is 515 g/mol. The van der Waals surface area contributed by atoms with Crippen LogP contribution < -0.4 is 4.89 Å². The number of unbranched alkanes of at least 4 members (excludes halogenated alkanes) is 7. The van der Waals surface area contributed by atoms with Gasteiger partial charge in [0.25, 0.3) is 7.82 Å². The number of carbonyl (C=O) groups excluding carboxylic acids is 1. The van der Waals surface area contributed by atoms with Crippen LogP contribution in [0.1, 0.15) is 68.1 Å². The predicted octanol–water partition coefficient (Wildman–Crippen LogP) is 4.62. The molecule has 0 spiro atoms. The predicted molar refractivity (Wildman–Crippen MR) is 136 cm³/mol. The number of hydrogen-bond donors (Lipinski definition) is 0. The van der Waals surface area contributed by atoms with E-state index in [1.54, 1.807) is 0 Å². The van der Waals surface area contributed by atoms with Gasteiger partial charge in [-0.3, -0.25) is 9.36 Å². The molecular weight excluding hydrogens is 469 g/mol. The Bertz CT molecular complexity index is 724. The van der Waals surface area contributed by atoms with E-state index in [0.29, 0.717) is 24.1 Å². The van der Waals surface area contributed by atoms with Gasteiger partial charge in [-0.25, -0.2) is 0 Å². The number of quaternary nitrogens is 1. The highest BCUT2D eigenvalue weighted by Crippen LogP contribution is 2.38. The SMILES string of the molecule is COC(COCCCCCCCCCCC(=O)c1ccccc1)COP(=O)([O-])OCC[N+](C)(C)C. The maximum atomic E-state index is 12.1. The lowest BCUT2D eigenvalue weighted by atomic mass is 10.0. The van der Waals surface area contributed by atoms with Gasteiger partial charge in [0, 0.05) is 25.7 Å². The lowest BCUT2D eigenvalue weighted by Crippen LogP contribution is -2.37. The van der Waals surface area contributed by atoms with Crippen molar-refractivity contribution in [1.29, 1.82) is 0 Å². The number of phosphoric ester groups is 1. The molecule has 0 aliphatic heterocycles. The van der Waals surface area contributed by atoms with Crippen LogP contribution in [0.5, 0.6) is 0 Å². The zero-order valence-electron chi connectivity index (χ0n) is 22.1. The summed E-state index contributed by atoms with van der Waals surface area (Å²) in [6, 6.07) is 9.49. The Morgan fingerprint density at radius 3 is 2.09 bits per heavy atom. The molecule has 0 aliphatic carbocycles. The highest BCUT2D eigenvalue weighted by atomic mass is 31.2. The molecule has 2 atom stereocenters.